The van der Waals surface area contributed by atoms with Crippen LogP contribution in [-0.4, -0.2) is 38.4 Å². The van der Waals surface area contributed by atoms with Crippen LogP contribution in [0.2, 0.25) is 0 Å². The summed E-state index contributed by atoms with van der Waals surface area (Å²) in [6.07, 6.45) is 2.76. The van der Waals surface area contributed by atoms with Gasteiger partial charge < -0.3 is 15.4 Å². The van der Waals surface area contributed by atoms with Crippen LogP contribution < -0.4 is 10.6 Å². The standard InChI is InChI=1S/C10H22N2O/c1-9(2)13-7-3-5-12-10-4-6-11-8-10/h9-12H,3-8H2,1-2H3. The molecule has 0 amide bonds. The molecule has 13 heavy (non-hydrogen) atoms. The second-order valence-electron chi connectivity index (χ2n) is 3.92. The van der Waals surface area contributed by atoms with Crippen LogP contribution in [0.5, 0.6) is 0 Å². The predicted octanol–water partition coefficient (Wildman–Crippen LogP) is 0.753. The molecule has 0 aromatic rings. The average Bonchev–Trinajstić information content (AvgIpc) is 2.55. The molecular weight excluding hydrogens is 164 g/mol. The van der Waals surface area contributed by atoms with Crippen LogP contribution in [0.25, 0.3) is 0 Å². The monoisotopic (exact) mass is 186 g/mol. The molecule has 0 radical (unpaired) electrons. The van der Waals surface area contributed by atoms with E-state index in [0.29, 0.717) is 12.1 Å². The fourth-order valence-corrected chi connectivity index (χ4v) is 1.53. The molecule has 78 valence electrons. The molecule has 3 heteroatoms. The zero-order chi connectivity index (χ0) is 9.52. The second-order valence-corrected chi connectivity index (χ2v) is 3.92. The van der Waals surface area contributed by atoms with Gasteiger partial charge in [0.1, 0.15) is 0 Å². The highest BCUT2D eigenvalue weighted by Crippen LogP contribution is 1.97. The number of rotatable bonds is 6. The molecule has 0 saturated carbocycles. The third-order valence-corrected chi connectivity index (χ3v) is 2.27. The first kappa shape index (κ1) is 11.0. The topological polar surface area (TPSA) is 33.3 Å². The molecule has 1 unspecified atom stereocenters. The van der Waals surface area contributed by atoms with Gasteiger partial charge >= 0.3 is 0 Å². The molecule has 0 bridgehead atoms. The van der Waals surface area contributed by atoms with E-state index in [0.717, 1.165) is 26.1 Å². The summed E-state index contributed by atoms with van der Waals surface area (Å²) in [6.45, 7) is 8.41. The summed E-state index contributed by atoms with van der Waals surface area (Å²) in [5.41, 5.74) is 0. The Morgan fingerprint density at radius 1 is 1.54 bits per heavy atom. The van der Waals surface area contributed by atoms with Crippen LogP contribution in [-0.2, 0) is 4.74 Å². The van der Waals surface area contributed by atoms with Gasteiger partial charge in [0, 0.05) is 19.2 Å². The minimum absolute atomic E-state index is 0.369. The molecule has 1 saturated heterocycles. The van der Waals surface area contributed by atoms with Crippen LogP contribution in [0, 0.1) is 0 Å². The highest BCUT2D eigenvalue weighted by atomic mass is 16.5. The van der Waals surface area contributed by atoms with Crippen molar-refractivity contribution in [3.05, 3.63) is 0 Å². The van der Waals surface area contributed by atoms with Crippen LogP contribution >= 0.6 is 0 Å². The Bertz CT molecular complexity index is 122. The van der Waals surface area contributed by atoms with E-state index in [2.05, 4.69) is 24.5 Å². The maximum Gasteiger partial charge on any atom is 0.0518 e. The number of hydrogen-bond acceptors (Lipinski definition) is 3. The molecule has 0 spiro atoms. The molecule has 3 nitrogen and oxygen atoms in total. The second kappa shape index (κ2) is 6.35. The minimum Gasteiger partial charge on any atom is -0.379 e. The molecule has 1 heterocycles. The third-order valence-electron chi connectivity index (χ3n) is 2.27. The molecule has 1 rings (SSSR count). The summed E-state index contributed by atoms with van der Waals surface area (Å²) in [4.78, 5) is 0. The van der Waals surface area contributed by atoms with Crippen molar-refractivity contribution in [3.8, 4) is 0 Å². The lowest BCUT2D eigenvalue weighted by atomic mass is 10.2. The van der Waals surface area contributed by atoms with E-state index in [4.69, 9.17) is 4.74 Å². The predicted molar refractivity (Wildman–Crippen MR) is 55.0 cm³/mol. The fourth-order valence-electron chi connectivity index (χ4n) is 1.53. The van der Waals surface area contributed by atoms with Gasteiger partial charge in [-0.1, -0.05) is 0 Å². The summed E-state index contributed by atoms with van der Waals surface area (Å²) < 4.78 is 5.45. The Morgan fingerprint density at radius 3 is 3.00 bits per heavy atom. The van der Waals surface area contributed by atoms with Crippen LogP contribution in [0.4, 0.5) is 0 Å². The number of ether oxygens (including phenoxy) is 1. The van der Waals surface area contributed by atoms with E-state index in [9.17, 15) is 0 Å². The molecule has 0 aromatic heterocycles. The van der Waals surface area contributed by atoms with Gasteiger partial charge in [0.2, 0.25) is 0 Å². The summed E-state index contributed by atoms with van der Waals surface area (Å²) in [7, 11) is 0. The van der Waals surface area contributed by atoms with Crippen LogP contribution in [0.15, 0.2) is 0 Å². The summed E-state index contributed by atoms with van der Waals surface area (Å²) in [6, 6.07) is 0.694. The van der Waals surface area contributed by atoms with Crippen LogP contribution in [0.1, 0.15) is 26.7 Å². The SMILES string of the molecule is CC(C)OCCCNC1CCNC1. The number of hydrogen-bond donors (Lipinski definition) is 2. The molecular formula is C10H22N2O. The van der Waals surface area contributed by atoms with E-state index in [1.165, 1.54) is 13.0 Å². The van der Waals surface area contributed by atoms with Gasteiger partial charge in [0.05, 0.1) is 6.10 Å². The molecule has 1 fully saturated rings. The van der Waals surface area contributed by atoms with Crippen molar-refractivity contribution < 1.29 is 4.74 Å². The fraction of sp³-hybridized carbons (Fsp3) is 1.00. The normalized spacial score (nSPS) is 22.8. The van der Waals surface area contributed by atoms with Gasteiger partial charge in [-0.2, -0.15) is 0 Å². The maximum absolute atomic E-state index is 5.45. The summed E-state index contributed by atoms with van der Waals surface area (Å²) in [5, 5.41) is 6.85. The lowest BCUT2D eigenvalue weighted by Gasteiger charge is -2.11. The van der Waals surface area contributed by atoms with Crippen molar-refractivity contribution >= 4 is 0 Å². The quantitative estimate of drug-likeness (QED) is 0.601. The van der Waals surface area contributed by atoms with Crippen molar-refractivity contribution in [1.29, 1.82) is 0 Å². The zero-order valence-electron chi connectivity index (χ0n) is 8.81. The van der Waals surface area contributed by atoms with Crippen molar-refractivity contribution in [1.82, 2.24) is 10.6 Å². The van der Waals surface area contributed by atoms with Crippen molar-refractivity contribution in [3.63, 3.8) is 0 Å². The molecule has 1 aliphatic heterocycles. The molecule has 0 aromatic carbocycles. The third kappa shape index (κ3) is 5.24. The number of nitrogens with one attached hydrogen (secondary N) is 2. The van der Waals surface area contributed by atoms with Gasteiger partial charge in [0.15, 0.2) is 0 Å². The highest BCUT2D eigenvalue weighted by Gasteiger charge is 2.12. The first-order valence-electron chi connectivity index (χ1n) is 5.34. The average molecular weight is 186 g/mol. The highest BCUT2D eigenvalue weighted by molar-refractivity contribution is 4.76. The Labute approximate surface area is 81.2 Å². The van der Waals surface area contributed by atoms with E-state index in [-0.39, 0.29) is 0 Å². The molecule has 0 aliphatic carbocycles. The largest absolute Gasteiger partial charge is 0.379 e. The lowest BCUT2D eigenvalue weighted by Crippen LogP contribution is -2.32. The van der Waals surface area contributed by atoms with Crippen molar-refractivity contribution in [2.45, 2.75) is 38.8 Å². The lowest BCUT2D eigenvalue weighted by molar-refractivity contribution is 0.0768. The van der Waals surface area contributed by atoms with Crippen molar-refractivity contribution in [2.75, 3.05) is 26.2 Å². The zero-order valence-corrected chi connectivity index (χ0v) is 8.81. The summed E-state index contributed by atoms with van der Waals surface area (Å²) >= 11 is 0. The Kier molecular flexibility index (Phi) is 5.35. The van der Waals surface area contributed by atoms with Gasteiger partial charge in [-0.25, -0.2) is 0 Å². The Hall–Kier alpha value is -0.120. The molecule has 2 N–H and O–H groups in total. The van der Waals surface area contributed by atoms with Gasteiger partial charge in [0.25, 0.3) is 0 Å². The van der Waals surface area contributed by atoms with E-state index >= 15 is 0 Å². The van der Waals surface area contributed by atoms with Gasteiger partial charge in [-0.3, -0.25) is 0 Å². The minimum atomic E-state index is 0.369. The first-order chi connectivity index (χ1) is 6.29. The van der Waals surface area contributed by atoms with E-state index < -0.39 is 0 Å². The van der Waals surface area contributed by atoms with E-state index in [1.807, 2.05) is 0 Å². The maximum atomic E-state index is 5.45. The van der Waals surface area contributed by atoms with Crippen LogP contribution in [0.3, 0.4) is 0 Å². The van der Waals surface area contributed by atoms with Crippen molar-refractivity contribution in [2.24, 2.45) is 0 Å². The smallest absolute Gasteiger partial charge is 0.0518 e. The molecule has 1 aliphatic rings. The Balaban J connectivity index is 1.83. The molecule has 1 atom stereocenters. The van der Waals surface area contributed by atoms with Gasteiger partial charge in [-0.05, 0) is 39.8 Å². The van der Waals surface area contributed by atoms with Gasteiger partial charge in [-0.15, -0.1) is 0 Å². The Morgan fingerprint density at radius 2 is 2.38 bits per heavy atom. The summed E-state index contributed by atoms with van der Waals surface area (Å²) in [5.74, 6) is 0. The first-order valence-corrected chi connectivity index (χ1v) is 5.34. The van der Waals surface area contributed by atoms with E-state index in [1.54, 1.807) is 0 Å².